The Hall–Kier alpha value is -3.36. The lowest BCUT2D eigenvalue weighted by molar-refractivity contribution is 0.442. The first-order valence-electron chi connectivity index (χ1n) is 11.6. The van der Waals surface area contributed by atoms with E-state index in [0.717, 1.165) is 0 Å². The van der Waals surface area contributed by atoms with Gasteiger partial charge in [-0.15, -0.1) is 0 Å². The highest BCUT2D eigenvalue weighted by Gasteiger charge is 2.56. The van der Waals surface area contributed by atoms with Gasteiger partial charge in [-0.05, 0) is 48.9 Å². The Labute approximate surface area is 231 Å². The highest BCUT2D eigenvalue weighted by atomic mass is 35.5. The first kappa shape index (κ1) is 28.6. The highest BCUT2D eigenvalue weighted by molar-refractivity contribution is 7.93. The van der Waals surface area contributed by atoms with E-state index in [-0.39, 0.29) is 29.7 Å². The molecule has 3 aromatic carbocycles. The van der Waals surface area contributed by atoms with E-state index in [1.165, 1.54) is 60.5 Å². The Bertz CT molecular complexity index is 1620. The molecule has 0 fully saturated rings. The molecule has 0 radical (unpaired) electrons. The zero-order valence-electron chi connectivity index (χ0n) is 20.7. The van der Waals surface area contributed by atoms with Gasteiger partial charge in [0.2, 0.25) is 5.96 Å². The zero-order valence-corrected chi connectivity index (χ0v) is 23.1. The fourth-order valence-electron chi connectivity index (χ4n) is 4.30. The van der Waals surface area contributed by atoms with Gasteiger partial charge in [-0.25, -0.2) is 23.0 Å². The van der Waals surface area contributed by atoms with Crippen molar-refractivity contribution in [1.29, 1.82) is 0 Å². The molecule has 1 unspecified atom stereocenters. The van der Waals surface area contributed by atoms with Crippen LogP contribution in [-0.4, -0.2) is 52.6 Å². The summed E-state index contributed by atoms with van der Waals surface area (Å²) < 4.78 is 65.9. The average molecular weight is 593 g/mol. The Balaban J connectivity index is 1.89. The van der Waals surface area contributed by atoms with E-state index in [0.29, 0.717) is 16.1 Å². The molecule has 0 spiro atoms. The smallest absolute Gasteiger partial charge is 0.274 e. The minimum absolute atomic E-state index is 0.00565. The molecule has 0 amide bonds. The number of nitrogens with two attached hydrogens (primary N) is 2. The summed E-state index contributed by atoms with van der Waals surface area (Å²) in [6.45, 7) is 1.18. The van der Waals surface area contributed by atoms with Gasteiger partial charge >= 0.3 is 0 Å². The molecule has 0 bridgehead atoms. The quantitative estimate of drug-likeness (QED) is 0.269. The molecule has 14 heteroatoms. The average Bonchev–Trinajstić information content (AvgIpc) is 3.30. The van der Waals surface area contributed by atoms with Crippen LogP contribution in [0.5, 0.6) is 0 Å². The molecular weight excluding hydrogens is 567 g/mol. The maximum absolute atomic E-state index is 14.5. The van der Waals surface area contributed by atoms with E-state index in [2.05, 4.69) is 14.8 Å². The fourth-order valence-corrected chi connectivity index (χ4v) is 7.11. The largest absolute Gasteiger partial charge is 0.368 e. The van der Waals surface area contributed by atoms with Gasteiger partial charge in [0.15, 0.2) is 14.6 Å². The van der Waals surface area contributed by atoms with E-state index in [9.17, 15) is 21.2 Å². The van der Waals surface area contributed by atoms with E-state index < -0.39 is 36.7 Å². The summed E-state index contributed by atoms with van der Waals surface area (Å²) in [7, 11) is -8.21. The summed E-state index contributed by atoms with van der Waals surface area (Å²) >= 11 is 6.03. The molecule has 5 N–H and O–H groups in total. The number of benzene rings is 3. The van der Waals surface area contributed by atoms with Crippen LogP contribution in [0.2, 0.25) is 5.02 Å². The van der Waals surface area contributed by atoms with Crippen LogP contribution in [0.3, 0.4) is 0 Å². The highest BCUT2D eigenvalue weighted by Crippen LogP contribution is 2.43. The molecule has 10 nitrogen and oxygen atoms in total. The summed E-state index contributed by atoms with van der Waals surface area (Å²) in [6, 6.07) is 18.9. The molecule has 1 aliphatic rings. The first-order valence-corrected chi connectivity index (χ1v) is 15.0. The molecule has 1 aliphatic heterocycles. The van der Waals surface area contributed by atoms with Crippen LogP contribution >= 0.6 is 11.6 Å². The lowest BCUT2D eigenvalue weighted by atomic mass is 9.89. The van der Waals surface area contributed by atoms with Crippen molar-refractivity contribution in [1.82, 2.24) is 9.73 Å². The lowest BCUT2D eigenvalue weighted by Gasteiger charge is -2.31. The Morgan fingerprint density at radius 1 is 1.08 bits per heavy atom. The van der Waals surface area contributed by atoms with Crippen LogP contribution in [0.4, 0.5) is 4.39 Å². The number of rotatable bonds is 8. The van der Waals surface area contributed by atoms with Gasteiger partial charge in [0.05, 0.1) is 23.7 Å². The van der Waals surface area contributed by atoms with Gasteiger partial charge in [-0.1, -0.05) is 54.1 Å². The molecule has 1 heterocycles. The molecule has 4 rings (SSSR count). The van der Waals surface area contributed by atoms with E-state index >= 15 is 0 Å². The third-order valence-electron chi connectivity index (χ3n) is 6.07. The maximum atomic E-state index is 14.5. The summed E-state index contributed by atoms with van der Waals surface area (Å²) in [5, 5.41) is 11.2. The Kier molecular flexibility index (Phi) is 8.09. The predicted octanol–water partition coefficient (Wildman–Crippen LogP) is 2.36. The van der Waals surface area contributed by atoms with Crippen LogP contribution in [-0.2, 0) is 24.8 Å². The van der Waals surface area contributed by atoms with Crippen molar-refractivity contribution in [3.8, 4) is 0 Å². The molecule has 0 aromatic heterocycles. The molecule has 0 saturated carbocycles. The van der Waals surface area contributed by atoms with Crippen molar-refractivity contribution in [3.63, 3.8) is 0 Å². The normalized spacial score (nSPS) is 19.1. The number of sulfone groups is 1. The minimum Gasteiger partial charge on any atom is -0.368 e. The number of nitrogens with one attached hydrogen (secondary N) is 1. The molecule has 0 aliphatic carbocycles. The fraction of sp³-hybridized carbons (Fsp3) is 0.200. The molecule has 3 aromatic rings. The van der Waals surface area contributed by atoms with Gasteiger partial charge in [-0.2, -0.15) is 18.2 Å². The number of hydrogen-bond donors (Lipinski definition) is 3. The number of hydrazone groups is 1. The number of nitrogens with zero attached hydrogens (tertiary/aromatic N) is 3. The second-order valence-electron chi connectivity index (χ2n) is 8.93. The number of aliphatic imine (C=N–C) groups is 1. The number of halogens is 2. The number of hydrogen-bond acceptors (Lipinski definition) is 6. The van der Waals surface area contributed by atoms with Crippen LogP contribution in [0.1, 0.15) is 18.1 Å². The molecule has 206 valence electrons. The standard InChI is InChI=1S/C25H26ClFN6O4S2/c1-17(32-39(29,36)37)15-30-24(28)33-16-25(19-5-3-2-4-6-19,23(31-33)18-7-11-21(27)12-8-18)38(34,35)22-13-9-20(26)10-14-22/h2-14,17,32H,15-16H2,1H3,(H2,28,30)(H2,29,36,37)/t17-,25?/m1/s1. The Morgan fingerprint density at radius 2 is 1.69 bits per heavy atom. The topological polar surface area (TPSA) is 160 Å². The van der Waals surface area contributed by atoms with E-state index in [1.807, 2.05) is 0 Å². The zero-order chi connectivity index (χ0) is 28.4. The monoisotopic (exact) mass is 592 g/mol. The summed E-state index contributed by atoms with van der Waals surface area (Å²) in [4.78, 5) is 4.21. The predicted molar refractivity (Wildman–Crippen MR) is 149 cm³/mol. The molecule has 39 heavy (non-hydrogen) atoms. The SMILES string of the molecule is C[C@H](CN=C(N)N1CC(c2ccccc2)(S(=O)(=O)c2ccc(Cl)cc2)C(c2ccc(F)cc2)=N1)NS(N)(=O)=O. The van der Waals surface area contributed by atoms with Gasteiger partial charge in [-0.3, -0.25) is 4.99 Å². The second-order valence-corrected chi connectivity index (χ2v) is 12.9. The van der Waals surface area contributed by atoms with Gasteiger partial charge in [0.25, 0.3) is 10.2 Å². The molecular formula is C25H26ClFN6O4S2. The maximum Gasteiger partial charge on any atom is 0.274 e. The van der Waals surface area contributed by atoms with Crippen LogP contribution < -0.4 is 15.6 Å². The lowest BCUT2D eigenvalue weighted by Crippen LogP contribution is -2.48. The van der Waals surface area contributed by atoms with Crippen molar-refractivity contribution >= 4 is 43.3 Å². The van der Waals surface area contributed by atoms with E-state index in [4.69, 9.17) is 22.5 Å². The summed E-state index contributed by atoms with van der Waals surface area (Å²) in [5.41, 5.74) is 7.12. The summed E-state index contributed by atoms with van der Waals surface area (Å²) in [6.07, 6.45) is 0. The third-order valence-corrected chi connectivity index (χ3v) is 9.42. The minimum atomic E-state index is -4.24. The van der Waals surface area contributed by atoms with Crippen molar-refractivity contribution in [2.75, 3.05) is 13.1 Å². The summed E-state index contributed by atoms with van der Waals surface area (Å²) in [5.74, 6) is -0.653. The van der Waals surface area contributed by atoms with Crippen molar-refractivity contribution in [2.45, 2.75) is 22.6 Å². The van der Waals surface area contributed by atoms with Crippen molar-refractivity contribution < 1.29 is 21.2 Å². The van der Waals surface area contributed by atoms with Crippen LogP contribution in [0, 0.1) is 5.82 Å². The van der Waals surface area contributed by atoms with Gasteiger partial charge < -0.3 is 5.73 Å². The molecule has 2 atom stereocenters. The van der Waals surface area contributed by atoms with Crippen molar-refractivity contribution in [2.24, 2.45) is 21.0 Å². The van der Waals surface area contributed by atoms with Gasteiger partial charge in [0.1, 0.15) is 5.82 Å². The molecule has 0 saturated heterocycles. The van der Waals surface area contributed by atoms with Crippen LogP contribution in [0.15, 0.2) is 93.9 Å². The first-order chi connectivity index (χ1) is 18.3. The Morgan fingerprint density at radius 3 is 2.28 bits per heavy atom. The van der Waals surface area contributed by atoms with Crippen molar-refractivity contribution in [3.05, 3.63) is 101 Å². The van der Waals surface area contributed by atoms with Gasteiger partial charge in [0, 0.05) is 16.6 Å². The van der Waals surface area contributed by atoms with Crippen LogP contribution in [0.25, 0.3) is 0 Å². The van der Waals surface area contributed by atoms with E-state index in [1.54, 1.807) is 30.3 Å². The third kappa shape index (κ3) is 5.97. The number of guanidine groups is 1. The second kappa shape index (κ2) is 11.0.